The molecule has 1 heterocycles. The standard InChI is InChI=1S/C18H20N2O3/c1-3-8-14-10-7-11-15(9-4-2)19(14)18(21)16-12-5-6-13-17(16)20(22)23/h3-7,10,12-15H,1-2,8-9,11H2/t14-,15-/m1/s1. The van der Waals surface area contributed by atoms with Crippen LogP contribution in [0.3, 0.4) is 0 Å². The van der Waals surface area contributed by atoms with Crippen molar-refractivity contribution in [2.45, 2.75) is 31.3 Å². The number of hydrogen-bond acceptors (Lipinski definition) is 3. The number of nitrogens with zero attached hydrogens (tertiary/aromatic N) is 2. The second-order valence-electron chi connectivity index (χ2n) is 5.42. The highest BCUT2D eigenvalue weighted by Crippen LogP contribution is 2.28. The van der Waals surface area contributed by atoms with E-state index in [9.17, 15) is 14.9 Å². The Bertz CT molecular complexity index is 651. The van der Waals surface area contributed by atoms with Crippen molar-refractivity contribution in [1.29, 1.82) is 0 Å². The van der Waals surface area contributed by atoms with Crippen LogP contribution in [0, 0.1) is 10.1 Å². The minimum Gasteiger partial charge on any atom is -0.328 e. The minimum atomic E-state index is -0.516. The second kappa shape index (κ2) is 7.54. The fourth-order valence-corrected chi connectivity index (χ4v) is 2.90. The average molecular weight is 312 g/mol. The van der Waals surface area contributed by atoms with Crippen LogP contribution in [0.2, 0.25) is 0 Å². The molecule has 120 valence electrons. The summed E-state index contributed by atoms with van der Waals surface area (Å²) in [5, 5.41) is 11.2. The molecule has 1 aliphatic rings. The first-order valence-corrected chi connectivity index (χ1v) is 7.54. The first-order valence-electron chi connectivity index (χ1n) is 7.54. The van der Waals surface area contributed by atoms with E-state index in [4.69, 9.17) is 0 Å². The van der Waals surface area contributed by atoms with Gasteiger partial charge >= 0.3 is 0 Å². The number of hydrogen-bond donors (Lipinski definition) is 0. The van der Waals surface area contributed by atoms with Crippen molar-refractivity contribution in [2.24, 2.45) is 0 Å². The lowest BCUT2D eigenvalue weighted by atomic mass is 9.96. The van der Waals surface area contributed by atoms with Crippen LogP contribution in [0.5, 0.6) is 0 Å². The first kappa shape index (κ1) is 16.7. The molecule has 0 radical (unpaired) electrons. The Hall–Kier alpha value is -2.69. The van der Waals surface area contributed by atoms with Gasteiger partial charge in [-0.1, -0.05) is 36.4 Å². The lowest BCUT2D eigenvalue weighted by Crippen LogP contribution is -2.48. The Labute approximate surface area is 135 Å². The maximum absolute atomic E-state index is 13.0. The topological polar surface area (TPSA) is 63.5 Å². The zero-order chi connectivity index (χ0) is 16.8. The quantitative estimate of drug-likeness (QED) is 0.455. The van der Waals surface area contributed by atoms with Gasteiger partial charge in [0.05, 0.1) is 11.0 Å². The molecule has 1 aliphatic heterocycles. The summed E-state index contributed by atoms with van der Waals surface area (Å²) in [4.78, 5) is 25.4. The molecule has 2 atom stereocenters. The number of para-hydroxylation sites is 1. The molecular formula is C18H20N2O3. The highest BCUT2D eigenvalue weighted by atomic mass is 16.6. The average Bonchev–Trinajstić information content (AvgIpc) is 2.55. The van der Waals surface area contributed by atoms with Gasteiger partial charge in [-0.2, -0.15) is 0 Å². The predicted molar refractivity (Wildman–Crippen MR) is 90.2 cm³/mol. The molecule has 0 saturated heterocycles. The molecule has 5 nitrogen and oxygen atoms in total. The van der Waals surface area contributed by atoms with E-state index in [2.05, 4.69) is 13.2 Å². The van der Waals surface area contributed by atoms with Gasteiger partial charge in [0.2, 0.25) is 0 Å². The molecule has 1 aromatic carbocycles. The van der Waals surface area contributed by atoms with E-state index >= 15 is 0 Å². The van der Waals surface area contributed by atoms with Gasteiger partial charge in [0, 0.05) is 12.1 Å². The fourth-order valence-electron chi connectivity index (χ4n) is 2.90. The Morgan fingerprint density at radius 1 is 1.30 bits per heavy atom. The maximum Gasteiger partial charge on any atom is 0.282 e. The van der Waals surface area contributed by atoms with Crippen LogP contribution in [-0.4, -0.2) is 27.8 Å². The van der Waals surface area contributed by atoms with E-state index in [0.717, 1.165) is 0 Å². The molecular weight excluding hydrogens is 292 g/mol. The lowest BCUT2D eigenvalue weighted by Gasteiger charge is -2.38. The van der Waals surface area contributed by atoms with Crippen molar-refractivity contribution in [1.82, 2.24) is 4.90 Å². The smallest absolute Gasteiger partial charge is 0.282 e. The summed E-state index contributed by atoms with van der Waals surface area (Å²) in [6.07, 6.45) is 9.51. The van der Waals surface area contributed by atoms with Crippen LogP contribution in [0.1, 0.15) is 29.6 Å². The molecule has 0 saturated carbocycles. The van der Waals surface area contributed by atoms with E-state index in [0.29, 0.717) is 19.3 Å². The number of nitro groups is 1. The van der Waals surface area contributed by atoms with E-state index in [1.165, 1.54) is 12.1 Å². The number of amides is 1. The van der Waals surface area contributed by atoms with Gasteiger partial charge in [0.15, 0.2) is 0 Å². The van der Waals surface area contributed by atoms with Crippen molar-refractivity contribution in [2.75, 3.05) is 0 Å². The van der Waals surface area contributed by atoms with Crippen molar-refractivity contribution >= 4 is 11.6 Å². The van der Waals surface area contributed by atoms with Gasteiger partial charge in [-0.15, -0.1) is 13.2 Å². The first-order chi connectivity index (χ1) is 11.1. The molecule has 1 amide bonds. The van der Waals surface area contributed by atoms with Gasteiger partial charge < -0.3 is 4.90 Å². The number of benzene rings is 1. The van der Waals surface area contributed by atoms with Crippen molar-refractivity contribution in [3.63, 3.8) is 0 Å². The van der Waals surface area contributed by atoms with E-state index in [-0.39, 0.29) is 29.2 Å². The number of rotatable bonds is 6. The second-order valence-corrected chi connectivity index (χ2v) is 5.42. The monoisotopic (exact) mass is 312 g/mol. The third kappa shape index (κ3) is 3.56. The third-order valence-corrected chi connectivity index (χ3v) is 3.93. The summed E-state index contributed by atoms with van der Waals surface area (Å²) in [6.45, 7) is 7.49. The van der Waals surface area contributed by atoms with Crippen LogP contribution in [0.25, 0.3) is 0 Å². The van der Waals surface area contributed by atoms with Gasteiger partial charge in [-0.3, -0.25) is 14.9 Å². The summed E-state index contributed by atoms with van der Waals surface area (Å²) in [7, 11) is 0. The van der Waals surface area contributed by atoms with Crippen molar-refractivity contribution in [3.05, 3.63) is 77.4 Å². The van der Waals surface area contributed by atoms with Gasteiger partial charge in [-0.05, 0) is 25.3 Å². The van der Waals surface area contributed by atoms with Crippen LogP contribution in [-0.2, 0) is 0 Å². The largest absolute Gasteiger partial charge is 0.328 e. The number of nitro benzene ring substituents is 1. The highest BCUT2D eigenvalue weighted by Gasteiger charge is 2.33. The molecule has 0 N–H and O–H groups in total. The van der Waals surface area contributed by atoms with Crippen LogP contribution < -0.4 is 0 Å². The van der Waals surface area contributed by atoms with Gasteiger partial charge in [0.25, 0.3) is 11.6 Å². The summed E-state index contributed by atoms with van der Waals surface area (Å²) in [5.74, 6) is -0.319. The van der Waals surface area contributed by atoms with E-state index < -0.39 is 4.92 Å². The van der Waals surface area contributed by atoms with Crippen LogP contribution in [0.15, 0.2) is 61.7 Å². The van der Waals surface area contributed by atoms with Crippen molar-refractivity contribution < 1.29 is 9.72 Å². The molecule has 5 heteroatoms. The molecule has 0 bridgehead atoms. The maximum atomic E-state index is 13.0. The molecule has 2 rings (SSSR count). The summed E-state index contributed by atoms with van der Waals surface area (Å²) in [6, 6.07) is 5.89. The molecule has 0 aromatic heterocycles. The van der Waals surface area contributed by atoms with Crippen LogP contribution in [0.4, 0.5) is 5.69 Å². The Kier molecular flexibility index (Phi) is 5.46. The van der Waals surface area contributed by atoms with Gasteiger partial charge in [0.1, 0.15) is 5.56 Å². The zero-order valence-corrected chi connectivity index (χ0v) is 12.9. The number of carbonyl (C=O) groups is 1. The predicted octanol–water partition coefficient (Wildman–Crippen LogP) is 3.89. The van der Waals surface area contributed by atoms with E-state index in [1.807, 2.05) is 12.2 Å². The Morgan fingerprint density at radius 3 is 2.65 bits per heavy atom. The summed E-state index contributed by atoms with van der Waals surface area (Å²) in [5.41, 5.74) is -0.0438. The Morgan fingerprint density at radius 2 is 2.00 bits per heavy atom. The molecule has 0 aliphatic carbocycles. The fraction of sp³-hybridized carbons (Fsp3) is 0.278. The normalized spacial score (nSPS) is 20.1. The van der Waals surface area contributed by atoms with E-state index in [1.54, 1.807) is 29.2 Å². The summed E-state index contributed by atoms with van der Waals surface area (Å²) < 4.78 is 0. The zero-order valence-electron chi connectivity index (χ0n) is 12.9. The minimum absolute atomic E-state index is 0.0465. The third-order valence-electron chi connectivity index (χ3n) is 3.93. The molecule has 0 unspecified atom stereocenters. The summed E-state index contributed by atoms with van der Waals surface area (Å²) >= 11 is 0. The highest BCUT2D eigenvalue weighted by molar-refractivity contribution is 5.98. The SMILES string of the molecule is C=CC[C@@H]1CC=C[C@@H](CC=C)N1C(=O)c1ccccc1[N+](=O)[O-]. The molecule has 1 aromatic rings. The number of carbonyl (C=O) groups excluding carboxylic acids is 1. The lowest BCUT2D eigenvalue weighted by molar-refractivity contribution is -0.385. The molecule has 0 fully saturated rings. The molecule has 23 heavy (non-hydrogen) atoms. The molecule has 0 spiro atoms. The van der Waals surface area contributed by atoms with Gasteiger partial charge in [-0.25, -0.2) is 0 Å². The Balaban J connectivity index is 2.43. The van der Waals surface area contributed by atoms with Crippen molar-refractivity contribution in [3.8, 4) is 0 Å². The van der Waals surface area contributed by atoms with Crippen LogP contribution >= 0.6 is 0 Å².